The van der Waals surface area contributed by atoms with Crippen molar-refractivity contribution in [3.8, 4) is 0 Å². The lowest BCUT2D eigenvalue weighted by Gasteiger charge is -2.07. The number of aryl methyl sites for hydroxylation is 1. The minimum absolute atomic E-state index is 0.0284. The molecule has 2 fully saturated rings. The molecule has 2 aromatic heterocycles. The van der Waals surface area contributed by atoms with Gasteiger partial charge in [0.1, 0.15) is 0 Å². The summed E-state index contributed by atoms with van der Waals surface area (Å²) >= 11 is 1.50. The summed E-state index contributed by atoms with van der Waals surface area (Å²) in [5.41, 5.74) is 3.79. The standard InChI is InChI=1S/C17H21N3OS/c1-11-8-16(22-10-11)17(21)18-6-7-20-15(13-4-5-13)9-14(19-20)12-2-3-12/h8-10,12-13H,2-7H2,1H3,(H,18,21). The number of thiophene rings is 1. The van der Waals surface area contributed by atoms with E-state index < -0.39 is 0 Å². The Balaban J connectivity index is 1.38. The van der Waals surface area contributed by atoms with E-state index in [1.165, 1.54) is 48.4 Å². The van der Waals surface area contributed by atoms with Crippen LogP contribution in [0.15, 0.2) is 17.5 Å². The third-order valence-corrected chi connectivity index (χ3v) is 5.43. The highest BCUT2D eigenvalue weighted by atomic mass is 32.1. The zero-order valence-corrected chi connectivity index (χ0v) is 13.7. The molecule has 2 aliphatic rings. The first kappa shape index (κ1) is 14.0. The second-order valence-electron chi connectivity index (χ2n) is 6.51. The molecular formula is C17H21N3OS. The fourth-order valence-electron chi connectivity index (χ4n) is 2.83. The molecule has 5 heteroatoms. The molecule has 0 bridgehead atoms. The maximum Gasteiger partial charge on any atom is 0.261 e. The molecule has 1 amide bonds. The van der Waals surface area contributed by atoms with Gasteiger partial charge in [-0.15, -0.1) is 11.3 Å². The van der Waals surface area contributed by atoms with Crippen molar-refractivity contribution in [1.82, 2.24) is 15.1 Å². The van der Waals surface area contributed by atoms with Gasteiger partial charge in [0, 0.05) is 24.1 Å². The van der Waals surface area contributed by atoms with Crippen LogP contribution in [0.25, 0.3) is 0 Å². The number of carbonyl (C=O) groups excluding carboxylic acids is 1. The molecule has 0 atom stereocenters. The monoisotopic (exact) mass is 315 g/mol. The van der Waals surface area contributed by atoms with Crippen LogP contribution in [-0.4, -0.2) is 22.2 Å². The first-order chi connectivity index (χ1) is 10.7. The maximum absolute atomic E-state index is 12.1. The van der Waals surface area contributed by atoms with Crippen LogP contribution in [0, 0.1) is 6.92 Å². The van der Waals surface area contributed by atoms with Crippen LogP contribution in [0.3, 0.4) is 0 Å². The van der Waals surface area contributed by atoms with Crippen molar-refractivity contribution in [2.75, 3.05) is 6.54 Å². The molecule has 2 aliphatic carbocycles. The number of aromatic nitrogens is 2. The van der Waals surface area contributed by atoms with E-state index in [4.69, 9.17) is 5.10 Å². The molecule has 0 aromatic carbocycles. The number of carbonyl (C=O) groups is 1. The van der Waals surface area contributed by atoms with Crippen molar-refractivity contribution < 1.29 is 4.79 Å². The molecule has 4 rings (SSSR count). The van der Waals surface area contributed by atoms with E-state index in [-0.39, 0.29) is 5.91 Å². The number of rotatable bonds is 6. The van der Waals surface area contributed by atoms with Crippen LogP contribution in [-0.2, 0) is 6.54 Å². The zero-order chi connectivity index (χ0) is 15.1. The van der Waals surface area contributed by atoms with Gasteiger partial charge in [-0.25, -0.2) is 0 Å². The number of nitrogens with one attached hydrogen (secondary N) is 1. The van der Waals surface area contributed by atoms with Gasteiger partial charge in [-0.3, -0.25) is 9.48 Å². The molecule has 2 aromatic rings. The van der Waals surface area contributed by atoms with Gasteiger partial charge < -0.3 is 5.32 Å². The van der Waals surface area contributed by atoms with Crippen LogP contribution in [0.2, 0.25) is 0 Å². The van der Waals surface area contributed by atoms with Gasteiger partial charge in [-0.05, 0) is 55.7 Å². The van der Waals surface area contributed by atoms with Gasteiger partial charge in [-0.2, -0.15) is 5.10 Å². The Hall–Kier alpha value is -1.62. The molecule has 0 aliphatic heterocycles. The normalized spacial score (nSPS) is 17.7. The lowest BCUT2D eigenvalue weighted by Crippen LogP contribution is -2.27. The molecule has 0 radical (unpaired) electrons. The van der Waals surface area contributed by atoms with Gasteiger partial charge in [0.05, 0.1) is 17.1 Å². The van der Waals surface area contributed by atoms with Crippen molar-refractivity contribution in [3.05, 3.63) is 39.3 Å². The topological polar surface area (TPSA) is 46.9 Å². The minimum atomic E-state index is 0.0284. The summed E-state index contributed by atoms with van der Waals surface area (Å²) < 4.78 is 2.13. The smallest absolute Gasteiger partial charge is 0.261 e. The first-order valence-electron chi connectivity index (χ1n) is 8.11. The van der Waals surface area contributed by atoms with E-state index in [9.17, 15) is 4.79 Å². The molecule has 2 heterocycles. The van der Waals surface area contributed by atoms with Crippen molar-refractivity contribution >= 4 is 17.2 Å². The number of hydrogen-bond donors (Lipinski definition) is 1. The molecule has 1 N–H and O–H groups in total. The highest BCUT2D eigenvalue weighted by Crippen LogP contribution is 2.44. The lowest BCUT2D eigenvalue weighted by atomic mass is 10.2. The minimum Gasteiger partial charge on any atom is -0.349 e. The van der Waals surface area contributed by atoms with E-state index in [1.54, 1.807) is 0 Å². The van der Waals surface area contributed by atoms with E-state index >= 15 is 0 Å². The quantitative estimate of drug-likeness (QED) is 0.887. The van der Waals surface area contributed by atoms with Crippen LogP contribution in [0.1, 0.15) is 64.1 Å². The summed E-state index contributed by atoms with van der Waals surface area (Å²) in [5.74, 6) is 1.43. The Bertz CT molecular complexity index is 695. The second-order valence-corrected chi connectivity index (χ2v) is 7.42. The van der Waals surface area contributed by atoms with Gasteiger partial charge in [-0.1, -0.05) is 0 Å². The second kappa shape index (κ2) is 5.54. The molecule has 0 unspecified atom stereocenters. The third kappa shape index (κ3) is 2.95. The highest BCUT2D eigenvalue weighted by molar-refractivity contribution is 7.12. The summed E-state index contributed by atoms with van der Waals surface area (Å²) in [6.45, 7) is 3.42. The lowest BCUT2D eigenvalue weighted by molar-refractivity contribution is 0.0956. The van der Waals surface area contributed by atoms with Crippen LogP contribution < -0.4 is 5.32 Å². The Morgan fingerprint density at radius 3 is 2.73 bits per heavy atom. The fourth-order valence-corrected chi connectivity index (χ4v) is 3.64. The van der Waals surface area contributed by atoms with E-state index in [2.05, 4.69) is 16.1 Å². The average Bonchev–Trinajstić information content (AvgIpc) is 3.43. The Labute approximate surface area is 134 Å². The van der Waals surface area contributed by atoms with Crippen molar-refractivity contribution in [2.24, 2.45) is 0 Å². The largest absolute Gasteiger partial charge is 0.349 e. The van der Waals surface area contributed by atoms with Crippen LogP contribution in [0.4, 0.5) is 0 Å². The molecule has 22 heavy (non-hydrogen) atoms. The van der Waals surface area contributed by atoms with Crippen LogP contribution in [0.5, 0.6) is 0 Å². The molecule has 2 saturated carbocycles. The molecule has 4 nitrogen and oxygen atoms in total. The van der Waals surface area contributed by atoms with Crippen molar-refractivity contribution in [1.29, 1.82) is 0 Å². The molecule has 0 spiro atoms. The first-order valence-corrected chi connectivity index (χ1v) is 8.99. The number of nitrogens with zero attached hydrogens (tertiary/aromatic N) is 2. The van der Waals surface area contributed by atoms with Crippen molar-refractivity contribution in [3.63, 3.8) is 0 Å². The van der Waals surface area contributed by atoms with Crippen molar-refractivity contribution in [2.45, 2.75) is 51.0 Å². The van der Waals surface area contributed by atoms with E-state index in [1.807, 2.05) is 18.4 Å². The number of amides is 1. The van der Waals surface area contributed by atoms with Gasteiger partial charge in [0.25, 0.3) is 5.91 Å². The number of hydrogen-bond acceptors (Lipinski definition) is 3. The predicted octanol–water partition coefficient (Wildman–Crippen LogP) is 3.44. The molecular weight excluding hydrogens is 294 g/mol. The molecule has 0 saturated heterocycles. The summed E-state index contributed by atoms with van der Waals surface area (Å²) in [6, 6.07) is 4.24. The Morgan fingerprint density at radius 1 is 1.32 bits per heavy atom. The average molecular weight is 315 g/mol. The Kier molecular flexibility index (Phi) is 3.53. The summed E-state index contributed by atoms with van der Waals surface area (Å²) in [7, 11) is 0. The highest BCUT2D eigenvalue weighted by Gasteiger charge is 2.32. The molecule has 116 valence electrons. The van der Waals surface area contributed by atoms with E-state index in [0.29, 0.717) is 18.4 Å². The van der Waals surface area contributed by atoms with Crippen LogP contribution >= 0.6 is 11.3 Å². The van der Waals surface area contributed by atoms with Gasteiger partial charge >= 0.3 is 0 Å². The third-order valence-electron chi connectivity index (χ3n) is 4.38. The summed E-state index contributed by atoms with van der Waals surface area (Å²) in [5, 5.41) is 9.80. The summed E-state index contributed by atoms with van der Waals surface area (Å²) in [6.07, 6.45) is 5.15. The predicted molar refractivity (Wildman–Crippen MR) is 87.6 cm³/mol. The van der Waals surface area contributed by atoms with Gasteiger partial charge in [0.15, 0.2) is 0 Å². The summed E-state index contributed by atoms with van der Waals surface area (Å²) in [4.78, 5) is 12.9. The fraction of sp³-hybridized carbons (Fsp3) is 0.529. The van der Waals surface area contributed by atoms with E-state index in [0.717, 1.165) is 17.0 Å². The zero-order valence-electron chi connectivity index (χ0n) is 12.8. The SMILES string of the molecule is Cc1csc(C(=O)NCCn2nc(C3CC3)cc2C2CC2)c1. The van der Waals surface area contributed by atoms with Gasteiger partial charge in [0.2, 0.25) is 0 Å². The Morgan fingerprint density at radius 2 is 2.09 bits per heavy atom. The maximum atomic E-state index is 12.1.